The zero-order valence-electron chi connectivity index (χ0n) is 15.6. The molecule has 1 fully saturated rings. The van der Waals surface area contributed by atoms with Gasteiger partial charge in [0.25, 0.3) is 0 Å². The molecule has 8 nitrogen and oxygen atoms in total. The summed E-state index contributed by atoms with van der Waals surface area (Å²) in [6.07, 6.45) is 0. The van der Waals surface area contributed by atoms with Gasteiger partial charge in [-0.1, -0.05) is 0 Å². The number of hydrogen-bond acceptors (Lipinski definition) is 5. The van der Waals surface area contributed by atoms with Crippen molar-refractivity contribution in [1.82, 2.24) is 20.4 Å². The molecule has 3 N–H and O–H groups in total. The normalized spacial score (nSPS) is 16.4. The molecule has 1 aromatic carbocycles. The average molecular weight is 379 g/mol. The summed E-state index contributed by atoms with van der Waals surface area (Å²) in [4.78, 5) is 39.6. The maximum atomic E-state index is 12.9. The van der Waals surface area contributed by atoms with Gasteiger partial charge in [0.15, 0.2) is 0 Å². The molecule has 0 aliphatic carbocycles. The number of piperazine rings is 1. The third-order valence-electron chi connectivity index (χ3n) is 4.40. The van der Waals surface area contributed by atoms with Crippen molar-refractivity contribution in [2.24, 2.45) is 0 Å². The first-order valence-electron chi connectivity index (χ1n) is 8.99. The second-order valence-electron chi connectivity index (χ2n) is 6.39. The number of anilines is 1. The number of nitrogens with one attached hydrogen (secondary N) is 3. The van der Waals surface area contributed by atoms with Crippen molar-refractivity contribution in [1.29, 1.82) is 0 Å². The molecule has 2 rings (SSSR count). The smallest absolute Gasteiger partial charge is 0.321 e. The molecule has 0 aromatic heterocycles. The summed E-state index contributed by atoms with van der Waals surface area (Å²) in [7, 11) is 0. The Hall–Kier alpha value is -2.52. The van der Waals surface area contributed by atoms with Gasteiger partial charge < -0.3 is 10.6 Å². The van der Waals surface area contributed by atoms with Gasteiger partial charge in [-0.3, -0.25) is 24.7 Å². The van der Waals surface area contributed by atoms with E-state index >= 15 is 0 Å². The Morgan fingerprint density at radius 2 is 1.74 bits per heavy atom. The Bertz CT molecular complexity index is 659. The van der Waals surface area contributed by atoms with Crippen LogP contribution < -0.4 is 16.0 Å². The summed E-state index contributed by atoms with van der Waals surface area (Å²) in [5, 5.41) is 7.57. The molecule has 0 spiro atoms. The standard InChI is InChI=1S/C18H26FN5O3/c1-3-20-18(27)22-17(26)13(2)24-10-8-23(9-11-24)12-16(25)21-15-6-4-14(19)5-7-15/h4-7,13H,3,8-12H2,1-2H3,(H,21,25)(H2,20,22,26,27). The van der Waals surface area contributed by atoms with Gasteiger partial charge in [-0.15, -0.1) is 0 Å². The van der Waals surface area contributed by atoms with Gasteiger partial charge in [-0.05, 0) is 38.1 Å². The molecule has 1 atom stereocenters. The maximum Gasteiger partial charge on any atom is 0.321 e. The van der Waals surface area contributed by atoms with E-state index in [1.54, 1.807) is 13.8 Å². The fourth-order valence-corrected chi connectivity index (χ4v) is 2.83. The van der Waals surface area contributed by atoms with E-state index in [0.29, 0.717) is 38.4 Å². The minimum atomic E-state index is -0.495. The minimum Gasteiger partial charge on any atom is -0.338 e. The van der Waals surface area contributed by atoms with Crippen LogP contribution in [0.15, 0.2) is 24.3 Å². The number of nitrogens with zero attached hydrogens (tertiary/aromatic N) is 2. The molecule has 0 radical (unpaired) electrons. The Morgan fingerprint density at radius 1 is 1.11 bits per heavy atom. The van der Waals surface area contributed by atoms with Crippen LogP contribution in [-0.2, 0) is 9.59 Å². The van der Waals surface area contributed by atoms with Gasteiger partial charge in [-0.25, -0.2) is 9.18 Å². The highest BCUT2D eigenvalue weighted by Crippen LogP contribution is 2.10. The van der Waals surface area contributed by atoms with Crippen molar-refractivity contribution >= 4 is 23.5 Å². The summed E-state index contributed by atoms with van der Waals surface area (Å²) < 4.78 is 12.9. The van der Waals surface area contributed by atoms with E-state index in [1.165, 1.54) is 24.3 Å². The summed E-state index contributed by atoms with van der Waals surface area (Å²) in [5.41, 5.74) is 0.552. The van der Waals surface area contributed by atoms with Crippen molar-refractivity contribution in [3.63, 3.8) is 0 Å². The molecule has 0 bridgehead atoms. The van der Waals surface area contributed by atoms with E-state index in [-0.39, 0.29) is 24.2 Å². The quantitative estimate of drug-likeness (QED) is 0.674. The molecule has 9 heteroatoms. The predicted octanol–water partition coefficient (Wildman–Crippen LogP) is 0.616. The lowest BCUT2D eigenvalue weighted by Gasteiger charge is -2.36. The van der Waals surface area contributed by atoms with Crippen LogP contribution in [-0.4, -0.2) is 73.0 Å². The van der Waals surface area contributed by atoms with E-state index in [9.17, 15) is 18.8 Å². The second kappa shape index (κ2) is 9.98. The topological polar surface area (TPSA) is 93.8 Å². The van der Waals surface area contributed by atoms with Crippen LogP contribution in [0.4, 0.5) is 14.9 Å². The summed E-state index contributed by atoms with van der Waals surface area (Å²) in [6.45, 7) is 6.72. The number of amides is 4. The number of benzene rings is 1. The summed E-state index contributed by atoms with van der Waals surface area (Å²) >= 11 is 0. The van der Waals surface area contributed by atoms with Crippen molar-refractivity contribution < 1.29 is 18.8 Å². The van der Waals surface area contributed by atoms with Crippen LogP contribution in [0.2, 0.25) is 0 Å². The molecule has 27 heavy (non-hydrogen) atoms. The highest BCUT2D eigenvalue weighted by Gasteiger charge is 2.27. The Balaban J connectivity index is 1.74. The molecule has 4 amide bonds. The molecule has 1 heterocycles. The van der Waals surface area contributed by atoms with Crippen molar-refractivity contribution in [2.45, 2.75) is 19.9 Å². The number of carbonyl (C=O) groups is 3. The molecule has 1 saturated heterocycles. The van der Waals surface area contributed by atoms with E-state index in [4.69, 9.17) is 0 Å². The molecule has 0 saturated carbocycles. The third-order valence-corrected chi connectivity index (χ3v) is 4.40. The second-order valence-corrected chi connectivity index (χ2v) is 6.39. The van der Waals surface area contributed by atoms with Crippen LogP contribution in [0.25, 0.3) is 0 Å². The third kappa shape index (κ3) is 6.61. The first kappa shape index (κ1) is 20.8. The average Bonchev–Trinajstić information content (AvgIpc) is 2.63. The molecule has 1 aliphatic rings. The number of carbonyl (C=O) groups excluding carboxylic acids is 3. The van der Waals surface area contributed by atoms with E-state index in [2.05, 4.69) is 16.0 Å². The lowest BCUT2D eigenvalue weighted by atomic mass is 10.2. The van der Waals surface area contributed by atoms with Gasteiger partial charge in [0.2, 0.25) is 11.8 Å². The molecule has 148 valence electrons. The molecular formula is C18H26FN5O3. The lowest BCUT2D eigenvalue weighted by Crippen LogP contribution is -2.56. The van der Waals surface area contributed by atoms with E-state index in [0.717, 1.165) is 0 Å². The highest BCUT2D eigenvalue weighted by atomic mass is 19.1. The van der Waals surface area contributed by atoms with Gasteiger partial charge in [0.1, 0.15) is 5.82 Å². The molecule has 1 aromatic rings. The van der Waals surface area contributed by atoms with Crippen LogP contribution >= 0.6 is 0 Å². The summed E-state index contributed by atoms with van der Waals surface area (Å²) in [5.74, 6) is -0.866. The number of imide groups is 1. The van der Waals surface area contributed by atoms with Gasteiger partial charge in [0, 0.05) is 38.4 Å². The lowest BCUT2D eigenvalue weighted by molar-refractivity contribution is -0.126. The molecular weight excluding hydrogens is 353 g/mol. The fourth-order valence-electron chi connectivity index (χ4n) is 2.83. The van der Waals surface area contributed by atoms with Crippen LogP contribution in [0, 0.1) is 5.82 Å². The van der Waals surface area contributed by atoms with Crippen molar-refractivity contribution in [2.75, 3.05) is 44.6 Å². The zero-order chi connectivity index (χ0) is 19.8. The van der Waals surface area contributed by atoms with Gasteiger partial charge in [0.05, 0.1) is 12.6 Å². The molecule has 1 unspecified atom stereocenters. The highest BCUT2D eigenvalue weighted by molar-refractivity contribution is 5.96. The Morgan fingerprint density at radius 3 is 2.33 bits per heavy atom. The minimum absolute atomic E-state index is 0.169. The van der Waals surface area contributed by atoms with Crippen molar-refractivity contribution in [3.05, 3.63) is 30.1 Å². The number of urea groups is 1. The number of rotatable bonds is 6. The van der Waals surface area contributed by atoms with E-state index in [1.807, 2.05) is 9.80 Å². The molecule has 1 aliphatic heterocycles. The number of hydrogen-bond donors (Lipinski definition) is 3. The number of halogens is 1. The summed E-state index contributed by atoms with van der Waals surface area (Å²) in [6, 6.07) is 4.69. The van der Waals surface area contributed by atoms with Crippen molar-refractivity contribution in [3.8, 4) is 0 Å². The largest absolute Gasteiger partial charge is 0.338 e. The predicted molar refractivity (Wildman–Crippen MR) is 99.7 cm³/mol. The zero-order valence-corrected chi connectivity index (χ0v) is 15.6. The van der Waals surface area contributed by atoms with Crippen LogP contribution in [0.3, 0.4) is 0 Å². The van der Waals surface area contributed by atoms with E-state index < -0.39 is 12.1 Å². The first-order chi connectivity index (χ1) is 12.9. The first-order valence-corrected chi connectivity index (χ1v) is 8.99. The van der Waals surface area contributed by atoms with Gasteiger partial charge >= 0.3 is 6.03 Å². The van der Waals surface area contributed by atoms with Crippen LogP contribution in [0.1, 0.15) is 13.8 Å². The monoisotopic (exact) mass is 379 g/mol. The Kier molecular flexibility index (Phi) is 7.68. The fraction of sp³-hybridized carbons (Fsp3) is 0.500. The van der Waals surface area contributed by atoms with Crippen LogP contribution in [0.5, 0.6) is 0 Å². The Labute approximate surface area is 158 Å². The van der Waals surface area contributed by atoms with Gasteiger partial charge in [-0.2, -0.15) is 0 Å². The maximum absolute atomic E-state index is 12.9. The SMILES string of the molecule is CCNC(=O)NC(=O)C(C)N1CCN(CC(=O)Nc2ccc(F)cc2)CC1.